The van der Waals surface area contributed by atoms with Crippen LogP contribution < -0.4 is 5.32 Å². The maximum absolute atomic E-state index is 4.24. The van der Waals surface area contributed by atoms with Crippen LogP contribution in [0.15, 0.2) is 12.5 Å². The van der Waals surface area contributed by atoms with Crippen molar-refractivity contribution in [1.29, 1.82) is 0 Å². The zero-order chi connectivity index (χ0) is 10.7. The molecule has 0 amide bonds. The van der Waals surface area contributed by atoms with Gasteiger partial charge in [-0.15, -0.1) is 0 Å². The molecule has 1 aliphatic rings. The van der Waals surface area contributed by atoms with Gasteiger partial charge in [0.15, 0.2) is 0 Å². The van der Waals surface area contributed by atoms with Crippen molar-refractivity contribution in [3.05, 3.63) is 18.2 Å². The van der Waals surface area contributed by atoms with E-state index in [0.717, 1.165) is 26.2 Å². The molecule has 1 aromatic heterocycles. The minimum Gasteiger partial charge on any atom is -0.334 e. The summed E-state index contributed by atoms with van der Waals surface area (Å²) in [6, 6.07) is 0. The number of hydrogen-bond donors (Lipinski definition) is 1. The fourth-order valence-corrected chi connectivity index (χ4v) is 1.91. The Morgan fingerprint density at radius 1 is 1.53 bits per heavy atom. The molecule has 4 heteroatoms. The Labute approximate surface area is 91.3 Å². The number of aromatic nitrogens is 2. The van der Waals surface area contributed by atoms with Crippen LogP contribution in [0.5, 0.6) is 0 Å². The van der Waals surface area contributed by atoms with Gasteiger partial charge in [-0.1, -0.05) is 0 Å². The summed E-state index contributed by atoms with van der Waals surface area (Å²) in [6.45, 7) is 4.45. The van der Waals surface area contributed by atoms with Crippen molar-refractivity contribution in [3.63, 3.8) is 0 Å². The van der Waals surface area contributed by atoms with Crippen LogP contribution in [0.25, 0.3) is 0 Å². The first-order chi connectivity index (χ1) is 7.27. The van der Waals surface area contributed by atoms with Gasteiger partial charge in [0.1, 0.15) is 0 Å². The van der Waals surface area contributed by atoms with E-state index in [2.05, 4.69) is 33.9 Å². The van der Waals surface area contributed by atoms with Gasteiger partial charge in [-0.25, -0.2) is 4.98 Å². The molecule has 1 fully saturated rings. The lowest BCUT2D eigenvalue weighted by Crippen LogP contribution is -2.40. The van der Waals surface area contributed by atoms with Gasteiger partial charge in [0, 0.05) is 37.4 Å². The third-order valence-corrected chi connectivity index (χ3v) is 2.95. The first-order valence-corrected chi connectivity index (χ1v) is 5.63. The predicted octanol–water partition coefficient (Wildman–Crippen LogP) is 0.522. The standard InChI is InChI=1S/C11H20N4/c1-14(2)4-3-5-15-9-13-8-11(15)10-6-12-7-10/h8-10,12H,3-7H2,1-2H3. The van der Waals surface area contributed by atoms with Crippen molar-refractivity contribution in [2.75, 3.05) is 33.7 Å². The molecule has 0 aromatic carbocycles. The highest BCUT2D eigenvalue weighted by Crippen LogP contribution is 2.19. The molecule has 2 rings (SSSR count). The van der Waals surface area contributed by atoms with E-state index in [0.29, 0.717) is 5.92 Å². The van der Waals surface area contributed by atoms with Crippen molar-refractivity contribution in [2.24, 2.45) is 0 Å². The Balaban J connectivity index is 1.87. The van der Waals surface area contributed by atoms with Crippen LogP contribution >= 0.6 is 0 Å². The number of hydrogen-bond acceptors (Lipinski definition) is 3. The maximum atomic E-state index is 4.24. The molecule has 0 aliphatic carbocycles. The topological polar surface area (TPSA) is 33.1 Å². The van der Waals surface area contributed by atoms with E-state index in [1.807, 2.05) is 12.5 Å². The summed E-state index contributed by atoms with van der Waals surface area (Å²) in [6.07, 6.45) is 5.17. The fourth-order valence-electron chi connectivity index (χ4n) is 1.91. The summed E-state index contributed by atoms with van der Waals surface area (Å²) in [7, 11) is 4.23. The number of aryl methyl sites for hydroxylation is 1. The molecule has 0 atom stereocenters. The number of nitrogens with zero attached hydrogens (tertiary/aromatic N) is 3. The molecule has 2 heterocycles. The summed E-state index contributed by atoms with van der Waals surface area (Å²) in [5.74, 6) is 0.687. The molecule has 4 nitrogen and oxygen atoms in total. The molecule has 0 bridgehead atoms. The Kier molecular flexibility index (Phi) is 3.38. The molecule has 1 aliphatic heterocycles. The normalized spacial score (nSPS) is 17.0. The lowest BCUT2D eigenvalue weighted by Gasteiger charge is -2.28. The summed E-state index contributed by atoms with van der Waals surface area (Å²) in [5, 5.41) is 3.30. The summed E-state index contributed by atoms with van der Waals surface area (Å²) >= 11 is 0. The van der Waals surface area contributed by atoms with Crippen molar-refractivity contribution in [3.8, 4) is 0 Å². The van der Waals surface area contributed by atoms with E-state index in [4.69, 9.17) is 0 Å². The number of imidazole rings is 1. The molecule has 15 heavy (non-hydrogen) atoms. The van der Waals surface area contributed by atoms with E-state index in [9.17, 15) is 0 Å². The van der Waals surface area contributed by atoms with Crippen molar-refractivity contribution < 1.29 is 0 Å². The van der Waals surface area contributed by atoms with Crippen molar-refractivity contribution >= 4 is 0 Å². The molecule has 84 valence electrons. The van der Waals surface area contributed by atoms with Gasteiger partial charge in [-0.3, -0.25) is 0 Å². The highest BCUT2D eigenvalue weighted by Gasteiger charge is 2.21. The molecule has 1 saturated heterocycles. The molecule has 0 spiro atoms. The molecule has 0 unspecified atom stereocenters. The molecular formula is C11H20N4. The SMILES string of the molecule is CN(C)CCCn1cncc1C1CNC1. The molecule has 0 radical (unpaired) electrons. The quantitative estimate of drug-likeness (QED) is 0.766. The monoisotopic (exact) mass is 208 g/mol. The van der Waals surface area contributed by atoms with Crippen molar-refractivity contribution in [2.45, 2.75) is 18.9 Å². The van der Waals surface area contributed by atoms with Crippen LogP contribution in [0.4, 0.5) is 0 Å². The molecule has 1 N–H and O–H groups in total. The summed E-state index contributed by atoms with van der Waals surface area (Å²) in [5.41, 5.74) is 1.40. The van der Waals surface area contributed by atoms with Gasteiger partial charge in [0.2, 0.25) is 0 Å². The van der Waals surface area contributed by atoms with E-state index < -0.39 is 0 Å². The van der Waals surface area contributed by atoms with Crippen LogP contribution in [-0.2, 0) is 6.54 Å². The highest BCUT2D eigenvalue weighted by atomic mass is 15.1. The Bertz CT molecular complexity index is 301. The van der Waals surface area contributed by atoms with Gasteiger partial charge < -0.3 is 14.8 Å². The lowest BCUT2D eigenvalue weighted by atomic mass is 10.00. The first-order valence-electron chi connectivity index (χ1n) is 5.63. The second-order valence-electron chi connectivity index (χ2n) is 4.52. The third kappa shape index (κ3) is 2.58. The average Bonchev–Trinajstić information content (AvgIpc) is 2.50. The van der Waals surface area contributed by atoms with Gasteiger partial charge in [-0.05, 0) is 27.1 Å². The van der Waals surface area contributed by atoms with Gasteiger partial charge >= 0.3 is 0 Å². The predicted molar refractivity (Wildman–Crippen MR) is 61.0 cm³/mol. The Morgan fingerprint density at radius 2 is 2.33 bits per heavy atom. The van der Waals surface area contributed by atoms with Crippen LogP contribution in [0.3, 0.4) is 0 Å². The van der Waals surface area contributed by atoms with Gasteiger partial charge in [0.25, 0.3) is 0 Å². The smallest absolute Gasteiger partial charge is 0.0948 e. The summed E-state index contributed by atoms with van der Waals surface area (Å²) < 4.78 is 2.30. The molecule has 0 saturated carbocycles. The van der Waals surface area contributed by atoms with Crippen LogP contribution in [-0.4, -0.2) is 48.2 Å². The summed E-state index contributed by atoms with van der Waals surface area (Å²) in [4.78, 5) is 6.47. The molecule has 1 aromatic rings. The molecular weight excluding hydrogens is 188 g/mol. The average molecular weight is 208 g/mol. The maximum Gasteiger partial charge on any atom is 0.0948 e. The van der Waals surface area contributed by atoms with Gasteiger partial charge in [0.05, 0.1) is 6.33 Å². The Morgan fingerprint density at radius 3 is 2.93 bits per heavy atom. The minimum atomic E-state index is 0.687. The second kappa shape index (κ2) is 4.77. The number of rotatable bonds is 5. The van der Waals surface area contributed by atoms with Crippen molar-refractivity contribution in [1.82, 2.24) is 19.8 Å². The first kappa shape index (κ1) is 10.6. The largest absolute Gasteiger partial charge is 0.334 e. The van der Waals surface area contributed by atoms with Crippen LogP contribution in [0, 0.1) is 0 Å². The van der Waals surface area contributed by atoms with E-state index in [1.54, 1.807) is 0 Å². The van der Waals surface area contributed by atoms with Crippen LogP contribution in [0.1, 0.15) is 18.0 Å². The lowest BCUT2D eigenvalue weighted by molar-refractivity contribution is 0.376. The minimum absolute atomic E-state index is 0.687. The van der Waals surface area contributed by atoms with E-state index in [-0.39, 0.29) is 0 Å². The Hall–Kier alpha value is -0.870. The van der Waals surface area contributed by atoms with Crippen LogP contribution in [0.2, 0.25) is 0 Å². The third-order valence-electron chi connectivity index (χ3n) is 2.95. The highest BCUT2D eigenvalue weighted by molar-refractivity contribution is 5.11. The zero-order valence-electron chi connectivity index (χ0n) is 9.61. The second-order valence-corrected chi connectivity index (χ2v) is 4.52. The number of nitrogens with one attached hydrogen (secondary N) is 1. The van der Waals surface area contributed by atoms with E-state index in [1.165, 1.54) is 12.1 Å². The van der Waals surface area contributed by atoms with E-state index >= 15 is 0 Å². The zero-order valence-corrected chi connectivity index (χ0v) is 9.61. The fraction of sp³-hybridized carbons (Fsp3) is 0.727. The van der Waals surface area contributed by atoms with Gasteiger partial charge in [-0.2, -0.15) is 0 Å².